The maximum absolute atomic E-state index is 11.8. The molecule has 0 aliphatic carbocycles. The van der Waals surface area contributed by atoms with Crippen molar-refractivity contribution < 1.29 is 14.3 Å². The van der Waals surface area contributed by atoms with Crippen LogP contribution < -0.4 is 5.32 Å². The van der Waals surface area contributed by atoms with Crippen molar-refractivity contribution in [2.75, 3.05) is 0 Å². The number of aryl methyl sites for hydroxylation is 1. The molecule has 1 rings (SSSR count). The van der Waals surface area contributed by atoms with Gasteiger partial charge in [0.15, 0.2) is 0 Å². The fraction of sp³-hybridized carbons (Fsp3) is 0.467. The Hall–Kier alpha value is -1.84. The quantitative estimate of drug-likeness (QED) is 0.853. The molecular formula is C15H21NO3. The highest BCUT2D eigenvalue weighted by Crippen LogP contribution is 2.20. The molecule has 0 fully saturated rings. The van der Waals surface area contributed by atoms with Crippen molar-refractivity contribution in [2.24, 2.45) is 0 Å². The van der Waals surface area contributed by atoms with E-state index >= 15 is 0 Å². The Balaban J connectivity index is 2.89. The fourth-order valence-electron chi connectivity index (χ4n) is 1.59. The first-order valence-corrected chi connectivity index (χ1v) is 6.21. The van der Waals surface area contributed by atoms with Gasteiger partial charge < -0.3 is 14.8 Å². The second-order valence-electron chi connectivity index (χ2n) is 5.81. The summed E-state index contributed by atoms with van der Waals surface area (Å²) in [5.41, 5.74) is 0.130. The van der Waals surface area contributed by atoms with Crippen LogP contribution in [0.3, 0.4) is 0 Å². The Morgan fingerprint density at radius 2 is 1.68 bits per heavy atom. The third-order valence-electron chi connectivity index (χ3n) is 2.65. The number of carbonyl (C=O) groups excluding carboxylic acids is 2. The lowest BCUT2D eigenvalue weighted by Crippen LogP contribution is -2.46. The summed E-state index contributed by atoms with van der Waals surface area (Å²) < 4.78 is 5.17. The van der Waals surface area contributed by atoms with Gasteiger partial charge in [0.1, 0.15) is 17.4 Å². The number of alkyl carbamates (subject to hydrolysis) is 1. The average molecular weight is 263 g/mol. The van der Waals surface area contributed by atoms with Gasteiger partial charge in [-0.15, -0.1) is 0 Å². The predicted octanol–water partition coefficient (Wildman–Crippen LogP) is 2.93. The molecule has 0 saturated carbocycles. The van der Waals surface area contributed by atoms with Gasteiger partial charge in [-0.2, -0.15) is 0 Å². The molecule has 1 aromatic rings. The summed E-state index contributed by atoms with van der Waals surface area (Å²) in [5.74, 6) is 0. The minimum absolute atomic E-state index is 0.596. The number of ether oxygens (including phenoxy) is 1. The Morgan fingerprint density at radius 3 is 2.11 bits per heavy atom. The van der Waals surface area contributed by atoms with Crippen molar-refractivity contribution in [1.82, 2.24) is 5.32 Å². The van der Waals surface area contributed by atoms with Crippen LogP contribution in [0.5, 0.6) is 0 Å². The third-order valence-corrected chi connectivity index (χ3v) is 2.65. The van der Waals surface area contributed by atoms with Gasteiger partial charge >= 0.3 is 6.09 Å². The van der Waals surface area contributed by atoms with Crippen molar-refractivity contribution in [3.8, 4) is 0 Å². The molecule has 0 aromatic heterocycles. The van der Waals surface area contributed by atoms with Crippen LogP contribution in [-0.2, 0) is 15.1 Å². The van der Waals surface area contributed by atoms with Crippen LogP contribution in [0.2, 0.25) is 0 Å². The van der Waals surface area contributed by atoms with Gasteiger partial charge in [0.05, 0.1) is 0 Å². The Morgan fingerprint density at radius 1 is 1.16 bits per heavy atom. The van der Waals surface area contributed by atoms with E-state index in [2.05, 4.69) is 5.32 Å². The van der Waals surface area contributed by atoms with E-state index in [1.165, 1.54) is 0 Å². The summed E-state index contributed by atoms with van der Waals surface area (Å²) in [5, 5.41) is 2.61. The number of amides is 1. The first kappa shape index (κ1) is 15.2. The number of nitrogens with one attached hydrogen (secondary N) is 1. The molecule has 0 radical (unpaired) electrons. The van der Waals surface area contributed by atoms with Gasteiger partial charge in [0, 0.05) is 0 Å². The fourth-order valence-corrected chi connectivity index (χ4v) is 1.59. The maximum atomic E-state index is 11.8. The topological polar surface area (TPSA) is 55.4 Å². The SMILES string of the molecule is Cc1ccc(C(C)(C=O)NC(=O)OC(C)(C)C)cc1. The zero-order chi connectivity index (χ0) is 14.7. The summed E-state index contributed by atoms with van der Waals surface area (Å²) >= 11 is 0. The number of carbonyl (C=O) groups is 2. The second kappa shape index (κ2) is 5.43. The van der Waals surface area contributed by atoms with Crippen molar-refractivity contribution in [3.63, 3.8) is 0 Å². The second-order valence-corrected chi connectivity index (χ2v) is 5.81. The van der Waals surface area contributed by atoms with E-state index in [-0.39, 0.29) is 0 Å². The molecule has 0 bridgehead atoms. The number of hydrogen-bond donors (Lipinski definition) is 1. The van der Waals surface area contributed by atoms with Gasteiger partial charge in [-0.3, -0.25) is 0 Å². The number of benzene rings is 1. The van der Waals surface area contributed by atoms with E-state index in [0.29, 0.717) is 6.29 Å². The highest BCUT2D eigenvalue weighted by atomic mass is 16.6. The van der Waals surface area contributed by atoms with E-state index in [4.69, 9.17) is 4.74 Å². The number of aldehydes is 1. The van der Waals surface area contributed by atoms with Crippen molar-refractivity contribution in [2.45, 2.75) is 45.8 Å². The van der Waals surface area contributed by atoms with E-state index in [9.17, 15) is 9.59 Å². The van der Waals surface area contributed by atoms with Gasteiger partial charge in [0.2, 0.25) is 0 Å². The number of rotatable bonds is 3. The first-order valence-electron chi connectivity index (χ1n) is 6.21. The summed E-state index contributed by atoms with van der Waals surface area (Å²) in [7, 11) is 0. The molecule has 1 atom stereocenters. The first-order chi connectivity index (χ1) is 8.66. The van der Waals surface area contributed by atoms with E-state index in [0.717, 1.165) is 11.1 Å². The molecule has 4 heteroatoms. The minimum Gasteiger partial charge on any atom is -0.444 e. The summed E-state index contributed by atoms with van der Waals surface area (Å²) in [6, 6.07) is 7.43. The highest BCUT2D eigenvalue weighted by molar-refractivity contribution is 5.77. The average Bonchev–Trinajstić information content (AvgIpc) is 2.26. The summed E-state index contributed by atoms with van der Waals surface area (Å²) in [6.07, 6.45) is 0.101. The third kappa shape index (κ3) is 4.39. The molecule has 1 amide bonds. The lowest BCUT2D eigenvalue weighted by atomic mass is 9.93. The molecule has 1 N–H and O–H groups in total. The lowest BCUT2D eigenvalue weighted by molar-refractivity contribution is -0.113. The van der Waals surface area contributed by atoms with Crippen LogP contribution in [0.1, 0.15) is 38.8 Å². The van der Waals surface area contributed by atoms with Crippen molar-refractivity contribution >= 4 is 12.4 Å². The van der Waals surface area contributed by atoms with Crippen molar-refractivity contribution in [3.05, 3.63) is 35.4 Å². The maximum Gasteiger partial charge on any atom is 0.408 e. The van der Waals surface area contributed by atoms with Crippen LogP contribution in [-0.4, -0.2) is 18.0 Å². The zero-order valence-electron chi connectivity index (χ0n) is 12.1. The van der Waals surface area contributed by atoms with Crippen LogP contribution in [0.4, 0.5) is 4.79 Å². The Kier molecular flexibility index (Phi) is 4.35. The molecule has 104 valence electrons. The smallest absolute Gasteiger partial charge is 0.408 e. The van der Waals surface area contributed by atoms with Gasteiger partial charge in [-0.25, -0.2) is 4.79 Å². The van der Waals surface area contributed by atoms with Crippen LogP contribution >= 0.6 is 0 Å². The number of hydrogen-bond acceptors (Lipinski definition) is 3. The molecular weight excluding hydrogens is 242 g/mol. The van der Waals surface area contributed by atoms with Crippen LogP contribution in [0.25, 0.3) is 0 Å². The Bertz CT molecular complexity index is 459. The van der Waals surface area contributed by atoms with Gasteiger partial charge in [-0.1, -0.05) is 29.8 Å². The van der Waals surface area contributed by atoms with Crippen LogP contribution in [0, 0.1) is 6.92 Å². The molecule has 0 saturated heterocycles. The van der Waals surface area contributed by atoms with E-state index in [1.54, 1.807) is 27.7 Å². The van der Waals surface area contributed by atoms with E-state index < -0.39 is 17.2 Å². The molecule has 0 aliphatic rings. The van der Waals surface area contributed by atoms with E-state index in [1.807, 2.05) is 31.2 Å². The molecule has 0 heterocycles. The highest BCUT2D eigenvalue weighted by Gasteiger charge is 2.30. The monoisotopic (exact) mass is 263 g/mol. The lowest BCUT2D eigenvalue weighted by Gasteiger charge is -2.28. The van der Waals surface area contributed by atoms with Crippen LogP contribution in [0.15, 0.2) is 24.3 Å². The molecule has 4 nitrogen and oxygen atoms in total. The minimum atomic E-state index is -1.09. The summed E-state index contributed by atoms with van der Waals surface area (Å²) in [6.45, 7) is 8.93. The molecule has 1 unspecified atom stereocenters. The largest absolute Gasteiger partial charge is 0.444 e. The zero-order valence-corrected chi connectivity index (χ0v) is 12.1. The molecule has 19 heavy (non-hydrogen) atoms. The molecule has 0 aliphatic heterocycles. The van der Waals surface area contributed by atoms with Gasteiger partial charge in [0.25, 0.3) is 0 Å². The Labute approximate surface area is 114 Å². The normalized spacial score (nSPS) is 14.4. The standard InChI is InChI=1S/C15H21NO3/c1-11-6-8-12(9-7-11)15(5,10-17)16-13(18)19-14(2,3)4/h6-10H,1-5H3,(H,16,18). The van der Waals surface area contributed by atoms with Crippen molar-refractivity contribution in [1.29, 1.82) is 0 Å². The molecule has 0 spiro atoms. The molecule has 1 aromatic carbocycles. The predicted molar refractivity (Wildman–Crippen MR) is 74.0 cm³/mol. The summed E-state index contributed by atoms with van der Waals surface area (Å²) in [4.78, 5) is 23.1. The van der Waals surface area contributed by atoms with Gasteiger partial charge in [-0.05, 0) is 40.2 Å².